The molecule has 9 heteroatoms. The summed E-state index contributed by atoms with van der Waals surface area (Å²) in [7, 11) is 0. The van der Waals surface area contributed by atoms with Crippen LogP contribution in [0.1, 0.15) is 12.5 Å². The molecule has 0 bridgehead atoms. The van der Waals surface area contributed by atoms with Crippen LogP contribution in [0, 0.1) is 21.4 Å². The van der Waals surface area contributed by atoms with Crippen LogP contribution in [0.4, 0.5) is 11.4 Å². The van der Waals surface area contributed by atoms with Gasteiger partial charge in [-0.25, -0.2) is 4.98 Å². The summed E-state index contributed by atoms with van der Waals surface area (Å²) in [5.74, 6) is 0.338. The Hall–Kier alpha value is -4.68. The van der Waals surface area contributed by atoms with Gasteiger partial charge >= 0.3 is 0 Å². The molecule has 0 saturated carbocycles. The molecular formula is C28H22N4O4S. The van der Waals surface area contributed by atoms with Gasteiger partial charge in [0.25, 0.3) is 5.69 Å². The Balaban J connectivity index is 1.65. The number of pyridine rings is 1. The molecule has 0 aliphatic carbocycles. The normalized spacial score (nSPS) is 10.4. The maximum absolute atomic E-state index is 12.6. The van der Waals surface area contributed by atoms with Gasteiger partial charge in [-0.05, 0) is 48.9 Å². The summed E-state index contributed by atoms with van der Waals surface area (Å²) >= 11 is 1.13. The van der Waals surface area contributed by atoms with E-state index in [-0.39, 0.29) is 17.3 Å². The molecule has 184 valence electrons. The van der Waals surface area contributed by atoms with Crippen molar-refractivity contribution in [1.29, 1.82) is 5.26 Å². The third kappa shape index (κ3) is 6.31. The summed E-state index contributed by atoms with van der Waals surface area (Å²) in [4.78, 5) is 27.9. The van der Waals surface area contributed by atoms with Gasteiger partial charge in [0.15, 0.2) is 0 Å². The minimum atomic E-state index is -0.523. The van der Waals surface area contributed by atoms with Crippen LogP contribution in [0.3, 0.4) is 0 Å². The molecule has 0 atom stereocenters. The maximum Gasteiger partial charge on any atom is 0.271 e. The summed E-state index contributed by atoms with van der Waals surface area (Å²) in [6.45, 7) is 2.48. The van der Waals surface area contributed by atoms with E-state index in [9.17, 15) is 20.2 Å². The molecule has 0 fully saturated rings. The lowest BCUT2D eigenvalue weighted by molar-refractivity contribution is -0.384. The predicted molar refractivity (Wildman–Crippen MR) is 143 cm³/mol. The fourth-order valence-electron chi connectivity index (χ4n) is 3.64. The van der Waals surface area contributed by atoms with E-state index in [4.69, 9.17) is 9.72 Å². The summed E-state index contributed by atoms with van der Waals surface area (Å²) in [5, 5.41) is 24.1. The molecular weight excluding hydrogens is 488 g/mol. The largest absolute Gasteiger partial charge is 0.494 e. The van der Waals surface area contributed by atoms with Gasteiger partial charge in [-0.2, -0.15) is 5.26 Å². The number of anilines is 1. The monoisotopic (exact) mass is 510 g/mol. The van der Waals surface area contributed by atoms with Crippen molar-refractivity contribution in [3.63, 3.8) is 0 Å². The molecule has 0 spiro atoms. The van der Waals surface area contributed by atoms with Crippen molar-refractivity contribution in [2.45, 2.75) is 11.9 Å². The number of rotatable bonds is 9. The first kappa shape index (κ1) is 25.4. The fourth-order valence-corrected chi connectivity index (χ4v) is 4.45. The molecule has 4 aromatic rings. The Bertz CT molecular complexity index is 1470. The van der Waals surface area contributed by atoms with Crippen LogP contribution in [0.5, 0.6) is 5.75 Å². The highest BCUT2D eigenvalue weighted by molar-refractivity contribution is 8.00. The summed E-state index contributed by atoms with van der Waals surface area (Å²) in [6, 6.07) is 26.9. The Morgan fingerprint density at radius 3 is 2.49 bits per heavy atom. The van der Waals surface area contributed by atoms with Gasteiger partial charge < -0.3 is 10.1 Å². The average Bonchev–Trinajstić information content (AvgIpc) is 2.92. The van der Waals surface area contributed by atoms with Crippen molar-refractivity contribution in [1.82, 2.24) is 4.98 Å². The maximum atomic E-state index is 12.6. The quantitative estimate of drug-likeness (QED) is 0.159. The van der Waals surface area contributed by atoms with Gasteiger partial charge in [0, 0.05) is 28.9 Å². The molecule has 0 aliphatic heterocycles. The smallest absolute Gasteiger partial charge is 0.271 e. The zero-order valence-corrected chi connectivity index (χ0v) is 20.7. The van der Waals surface area contributed by atoms with Gasteiger partial charge in [-0.1, -0.05) is 48.2 Å². The highest BCUT2D eigenvalue weighted by Gasteiger charge is 2.17. The third-order valence-corrected chi connectivity index (χ3v) is 6.30. The molecule has 37 heavy (non-hydrogen) atoms. The predicted octanol–water partition coefficient (Wildman–Crippen LogP) is 6.32. The van der Waals surface area contributed by atoms with Crippen LogP contribution in [-0.4, -0.2) is 28.2 Å². The SMILES string of the molecule is CCOc1ccc(-c2cc(-c3ccccc3)c(C#N)c(SCC(=O)Nc3cccc([N+](=O)[O-])c3)n2)cc1. The zero-order chi connectivity index (χ0) is 26.2. The van der Waals surface area contributed by atoms with Gasteiger partial charge in [0.2, 0.25) is 5.91 Å². The van der Waals surface area contributed by atoms with E-state index >= 15 is 0 Å². The first-order valence-electron chi connectivity index (χ1n) is 11.4. The van der Waals surface area contributed by atoms with E-state index in [2.05, 4.69) is 11.4 Å². The van der Waals surface area contributed by atoms with Crippen LogP contribution >= 0.6 is 11.8 Å². The number of nitrogens with one attached hydrogen (secondary N) is 1. The van der Waals surface area contributed by atoms with Crippen LogP contribution in [0.15, 0.2) is 90.0 Å². The number of nitriles is 1. The van der Waals surface area contributed by atoms with E-state index < -0.39 is 4.92 Å². The van der Waals surface area contributed by atoms with E-state index in [0.29, 0.717) is 34.1 Å². The van der Waals surface area contributed by atoms with E-state index in [0.717, 1.165) is 28.6 Å². The molecule has 1 heterocycles. The topological polar surface area (TPSA) is 118 Å². The lowest BCUT2D eigenvalue weighted by Gasteiger charge is -2.13. The summed E-state index contributed by atoms with van der Waals surface area (Å²) < 4.78 is 5.53. The van der Waals surface area contributed by atoms with Crippen LogP contribution < -0.4 is 10.1 Å². The third-order valence-electron chi connectivity index (χ3n) is 5.32. The molecule has 1 N–H and O–H groups in total. The molecule has 8 nitrogen and oxygen atoms in total. The molecule has 0 radical (unpaired) electrons. The number of amides is 1. The van der Waals surface area contributed by atoms with Crippen molar-refractivity contribution in [2.24, 2.45) is 0 Å². The minimum absolute atomic E-state index is 0.0364. The van der Waals surface area contributed by atoms with Crippen molar-refractivity contribution >= 4 is 29.0 Å². The minimum Gasteiger partial charge on any atom is -0.494 e. The Labute approximate surface area is 218 Å². The highest BCUT2D eigenvalue weighted by atomic mass is 32.2. The van der Waals surface area contributed by atoms with Crippen molar-refractivity contribution < 1.29 is 14.5 Å². The van der Waals surface area contributed by atoms with Crippen LogP contribution in [0.25, 0.3) is 22.4 Å². The number of ether oxygens (including phenoxy) is 1. The van der Waals surface area contributed by atoms with E-state index in [1.54, 1.807) is 6.07 Å². The first-order valence-corrected chi connectivity index (χ1v) is 12.4. The van der Waals surface area contributed by atoms with Gasteiger partial charge in [-0.3, -0.25) is 14.9 Å². The second-order valence-corrected chi connectivity index (χ2v) is 8.78. The molecule has 3 aromatic carbocycles. The van der Waals surface area contributed by atoms with E-state index in [1.165, 1.54) is 18.2 Å². The second-order valence-electron chi connectivity index (χ2n) is 7.81. The van der Waals surface area contributed by atoms with Gasteiger partial charge in [0.05, 0.1) is 28.5 Å². The van der Waals surface area contributed by atoms with Gasteiger partial charge in [0.1, 0.15) is 16.8 Å². The number of thioether (sulfide) groups is 1. The number of hydrogen-bond acceptors (Lipinski definition) is 7. The molecule has 4 rings (SSSR count). The Morgan fingerprint density at radius 2 is 1.81 bits per heavy atom. The van der Waals surface area contributed by atoms with E-state index in [1.807, 2.05) is 67.6 Å². The number of carbonyl (C=O) groups is 1. The van der Waals surface area contributed by atoms with Crippen molar-refractivity contribution in [3.05, 3.63) is 101 Å². The number of hydrogen-bond donors (Lipinski definition) is 1. The molecule has 0 saturated heterocycles. The lowest BCUT2D eigenvalue weighted by Crippen LogP contribution is -2.14. The summed E-state index contributed by atoms with van der Waals surface area (Å²) in [6.07, 6.45) is 0. The number of carbonyl (C=O) groups excluding carboxylic acids is 1. The number of nitro benzene ring substituents is 1. The Kier molecular flexibility index (Phi) is 8.13. The molecule has 0 aliphatic rings. The molecule has 0 unspecified atom stereocenters. The summed E-state index contributed by atoms with van der Waals surface area (Å²) in [5.41, 5.74) is 3.64. The second kappa shape index (κ2) is 11.8. The zero-order valence-electron chi connectivity index (χ0n) is 19.9. The van der Waals surface area contributed by atoms with Crippen molar-refractivity contribution in [2.75, 3.05) is 17.7 Å². The van der Waals surface area contributed by atoms with Gasteiger partial charge in [-0.15, -0.1) is 0 Å². The first-order chi connectivity index (χ1) is 18.0. The fraction of sp³-hybridized carbons (Fsp3) is 0.107. The Morgan fingerprint density at radius 1 is 1.05 bits per heavy atom. The number of benzene rings is 3. The number of nitro groups is 1. The number of non-ortho nitro benzene ring substituents is 1. The van der Waals surface area contributed by atoms with Crippen molar-refractivity contribution in [3.8, 4) is 34.2 Å². The number of nitrogens with zero attached hydrogens (tertiary/aromatic N) is 3. The van der Waals surface area contributed by atoms with Crippen LogP contribution in [0.2, 0.25) is 0 Å². The average molecular weight is 511 g/mol. The lowest BCUT2D eigenvalue weighted by atomic mass is 9.99. The number of aromatic nitrogens is 1. The standard InChI is InChI=1S/C28H22N4O4S/c1-2-36-23-13-11-20(12-14-23)26-16-24(19-7-4-3-5-8-19)25(17-29)28(31-26)37-18-27(33)30-21-9-6-10-22(15-21)32(34)35/h3-16H,2,18H2,1H3,(H,30,33). The molecule has 1 amide bonds. The highest BCUT2D eigenvalue weighted by Crippen LogP contribution is 2.34. The van der Waals surface area contributed by atoms with Crippen LogP contribution in [-0.2, 0) is 4.79 Å². The molecule has 1 aromatic heterocycles.